The van der Waals surface area contributed by atoms with Crippen LogP contribution in [-0.2, 0) is 12.0 Å². The van der Waals surface area contributed by atoms with Crippen LogP contribution < -0.4 is 4.74 Å². The van der Waals surface area contributed by atoms with Gasteiger partial charge >= 0.3 is 6.01 Å². The third-order valence-corrected chi connectivity index (χ3v) is 5.40. The number of aliphatic hydroxyl groups excluding tert-OH is 1. The molecule has 0 saturated heterocycles. The predicted molar refractivity (Wildman–Crippen MR) is 105 cm³/mol. The number of hydrogen-bond donors (Lipinski definition) is 1. The Morgan fingerprint density at radius 3 is 2.56 bits per heavy atom. The van der Waals surface area contributed by atoms with Crippen LogP contribution in [0.2, 0.25) is 5.02 Å². The van der Waals surface area contributed by atoms with Crippen molar-refractivity contribution in [3.8, 4) is 28.8 Å². The standard InChI is InChI=1S/C21H20ClN3O2/c1-21(8-9-21)15-5-3-4-14(11-15)18-23-19(25-20(24-18)27-2)16-10-13(12-26)6-7-17(16)22/h3-7,10-11,26H,8-9,12H2,1-2H3. The maximum atomic E-state index is 9.42. The second kappa shape index (κ2) is 6.91. The first-order chi connectivity index (χ1) is 13.0. The summed E-state index contributed by atoms with van der Waals surface area (Å²) >= 11 is 6.35. The van der Waals surface area contributed by atoms with E-state index in [0.717, 1.165) is 11.1 Å². The van der Waals surface area contributed by atoms with Crippen LogP contribution in [0.25, 0.3) is 22.8 Å². The van der Waals surface area contributed by atoms with Crippen molar-refractivity contribution in [3.05, 3.63) is 58.6 Å². The van der Waals surface area contributed by atoms with Gasteiger partial charge in [-0.3, -0.25) is 0 Å². The van der Waals surface area contributed by atoms with E-state index in [9.17, 15) is 5.11 Å². The van der Waals surface area contributed by atoms with Crippen LogP contribution in [-0.4, -0.2) is 27.2 Å². The second-order valence-corrected chi connectivity index (χ2v) is 7.49. The van der Waals surface area contributed by atoms with E-state index in [0.29, 0.717) is 22.2 Å². The highest BCUT2D eigenvalue weighted by Crippen LogP contribution is 2.48. The fourth-order valence-electron chi connectivity index (χ4n) is 3.05. The van der Waals surface area contributed by atoms with Gasteiger partial charge in [0.15, 0.2) is 11.6 Å². The van der Waals surface area contributed by atoms with Crippen molar-refractivity contribution in [2.24, 2.45) is 0 Å². The first-order valence-corrected chi connectivity index (χ1v) is 9.21. The van der Waals surface area contributed by atoms with E-state index in [2.05, 4.69) is 34.0 Å². The summed E-state index contributed by atoms with van der Waals surface area (Å²) in [6.07, 6.45) is 2.40. The lowest BCUT2D eigenvalue weighted by molar-refractivity contribution is 0.282. The van der Waals surface area contributed by atoms with Crippen molar-refractivity contribution in [1.82, 2.24) is 15.0 Å². The second-order valence-electron chi connectivity index (χ2n) is 7.08. The quantitative estimate of drug-likeness (QED) is 0.708. The summed E-state index contributed by atoms with van der Waals surface area (Å²) in [5, 5.41) is 9.93. The average Bonchev–Trinajstić information content (AvgIpc) is 3.47. The Bertz CT molecular complexity index is 1000. The molecule has 27 heavy (non-hydrogen) atoms. The molecule has 0 bridgehead atoms. The summed E-state index contributed by atoms with van der Waals surface area (Å²) in [6, 6.07) is 13.8. The number of ether oxygens (including phenoxy) is 1. The van der Waals surface area contributed by atoms with E-state index in [4.69, 9.17) is 16.3 Å². The van der Waals surface area contributed by atoms with Gasteiger partial charge in [0.1, 0.15) is 0 Å². The van der Waals surface area contributed by atoms with Gasteiger partial charge in [0.2, 0.25) is 0 Å². The molecule has 1 aliphatic carbocycles. The van der Waals surface area contributed by atoms with Crippen molar-refractivity contribution in [2.75, 3.05) is 7.11 Å². The van der Waals surface area contributed by atoms with Crippen LogP contribution in [0.3, 0.4) is 0 Å². The Morgan fingerprint density at radius 1 is 1.07 bits per heavy atom. The Hall–Kier alpha value is -2.50. The number of hydrogen-bond acceptors (Lipinski definition) is 5. The minimum atomic E-state index is -0.0835. The monoisotopic (exact) mass is 381 g/mol. The van der Waals surface area contributed by atoms with Crippen molar-refractivity contribution in [1.29, 1.82) is 0 Å². The number of rotatable bonds is 5. The topological polar surface area (TPSA) is 68.1 Å². The predicted octanol–water partition coefficient (Wildman–Crippen LogP) is 4.41. The Labute approximate surface area is 163 Å². The summed E-state index contributed by atoms with van der Waals surface area (Å²) in [4.78, 5) is 13.4. The number of aromatic nitrogens is 3. The Balaban J connectivity index is 1.83. The zero-order chi connectivity index (χ0) is 19.0. The maximum absolute atomic E-state index is 9.42. The Morgan fingerprint density at radius 2 is 1.85 bits per heavy atom. The van der Waals surface area contributed by atoms with Gasteiger partial charge in [0.25, 0.3) is 0 Å². The average molecular weight is 382 g/mol. The number of methoxy groups -OCH3 is 1. The smallest absolute Gasteiger partial charge is 0.320 e. The molecule has 5 nitrogen and oxygen atoms in total. The third-order valence-electron chi connectivity index (χ3n) is 5.07. The molecule has 0 amide bonds. The van der Waals surface area contributed by atoms with Gasteiger partial charge < -0.3 is 9.84 Å². The fraction of sp³-hybridized carbons (Fsp3) is 0.286. The molecule has 0 radical (unpaired) electrons. The molecular formula is C21H20ClN3O2. The SMILES string of the molecule is COc1nc(-c2cccc(C3(C)CC3)c2)nc(-c2cc(CO)ccc2Cl)n1. The molecule has 1 aliphatic rings. The van der Waals surface area contributed by atoms with Gasteiger partial charge in [-0.25, -0.2) is 4.98 Å². The molecule has 1 saturated carbocycles. The molecule has 6 heteroatoms. The summed E-state index contributed by atoms with van der Waals surface area (Å²) in [7, 11) is 1.52. The number of benzene rings is 2. The number of aliphatic hydroxyl groups is 1. The van der Waals surface area contributed by atoms with Crippen molar-refractivity contribution < 1.29 is 9.84 Å². The molecule has 138 valence electrons. The van der Waals surface area contributed by atoms with Gasteiger partial charge in [0, 0.05) is 11.1 Å². The van der Waals surface area contributed by atoms with Crippen LogP contribution >= 0.6 is 11.6 Å². The van der Waals surface area contributed by atoms with Crippen LogP contribution in [0.4, 0.5) is 0 Å². The van der Waals surface area contributed by atoms with Gasteiger partial charge in [-0.2, -0.15) is 9.97 Å². The zero-order valence-corrected chi connectivity index (χ0v) is 16.0. The largest absolute Gasteiger partial charge is 0.467 e. The van der Waals surface area contributed by atoms with Crippen molar-refractivity contribution in [3.63, 3.8) is 0 Å². The first kappa shape index (κ1) is 17.9. The van der Waals surface area contributed by atoms with E-state index < -0.39 is 0 Å². The molecule has 0 atom stereocenters. The molecule has 1 heterocycles. The summed E-state index contributed by atoms with van der Waals surface area (Å²) in [6.45, 7) is 2.19. The third kappa shape index (κ3) is 3.53. The highest BCUT2D eigenvalue weighted by atomic mass is 35.5. The van der Waals surface area contributed by atoms with Crippen LogP contribution in [0.1, 0.15) is 30.9 Å². The molecule has 0 unspecified atom stereocenters. The van der Waals surface area contributed by atoms with E-state index >= 15 is 0 Å². The molecule has 0 spiro atoms. The van der Waals surface area contributed by atoms with E-state index in [-0.39, 0.29) is 18.0 Å². The van der Waals surface area contributed by atoms with Gasteiger partial charge in [-0.15, -0.1) is 0 Å². The van der Waals surface area contributed by atoms with Crippen LogP contribution in [0.15, 0.2) is 42.5 Å². The lowest BCUT2D eigenvalue weighted by Gasteiger charge is -2.12. The minimum Gasteiger partial charge on any atom is -0.467 e. The van der Waals surface area contributed by atoms with E-state index in [1.165, 1.54) is 25.5 Å². The molecule has 0 aliphatic heterocycles. The molecule has 1 N–H and O–H groups in total. The lowest BCUT2D eigenvalue weighted by atomic mass is 9.96. The summed E-state index contributed by atoms with van der Waals surface area (Å²) in [5.41, 5.74) is 3.84. The number of nitrogens with zero attached hydrogens (tertiary/aromatic N) is 3. The van der Waals surface area contributed by atoms with E-state index in [1.54, 1.807) is 18.2 Å². The normalized spacial score (nSPS) is 14.8. The molecule has 3 aromatic rings. The van der Waals surface area contributed by atoms with Crippen LogP contribution in [0, 0.1) is 0 Å². The molecule has 1 fully saturated rings. The van der Waals surface area contributed by atoms with Gasteiger partial charge in [-0.1, -0.05) is 42.8 Å². The first-order valence-electron chi connectivity index (χ1n) is 8.83. The lowest BCUT2D eigenvalue weighted by Crippen LogP contribution is -2.03. The molecule has 1 aromatic heterocycles. The maximum Gasteiger partial charge on any atom is 0.320 e. The molecule has 2 aromatic carbocycles. The highest BCUT2D eigenvalue weighted by molar-refractivity contribution is 6.33. The summed E-state index contributed by atoms with van der Waals surface area (Å²) in [5.74, 6) is 0.952. The van der Waals surface area contributed by atoms with Crippen molar-refractivity contribution >= 4 is 11.6 Å². The summed E-state index contributed by atoms with van der Waals surface area (Å²) < 4.78 is 5.29. The van der Waals surface area contributed by atoms with Gasteiger partial charge in [0.05, 0.1) is 18.7 Å². The van der Waals surface area contributed by atoms with Crippen molar-refractivity contribution in [2.45, 2.75) is 31.8 Å². The van der Waals surface area contributed by atoms with Crippen LogP contribution in [0.5, 0.6) is 6.01 Å². The highest BCUT2D eigenvalue weighted by Gasteiger charge is 2.39. The Kier molecular flexibility index (Phi) is 4.58. The van der Waals surface area contributed by atoms with Gasteiger partial charge in [-0.05, 0) is 47.6 Å². The fourth-order valence-corrected chi connectivity index (χ4v) is 3.25. The number of halogens is 1. The van der Waals surface area contributed by atoms with E-state index in [1.807, 2.05) is 12.1 Å². The molecular weight excluding hydrogens is 362 g/mol. The zero-order valence-electron chi connectivity index (χ0n) is 15.2. The molecule has 4 rings (SSSR count). The minimum absolute atomic E-state index is 0.0835.